The van der Waals surface area contributed by atoms with E-state index in [1.54, 1.807) is 0 Å². The third-order valence-corrected chi connectivity index (χ3v) is 5.63. The summed E-state index contributed by atoms with van der Waals surface area (Å²) in [5.41, 5.74) is 1.97. The predicted molar refractivity (Wildman–Crippen MR) is 93.6 cm³/mol. The van der Waals surface area contributed by atoms with Crippen molar-refractivity contribution in [1.29, 1.82) is 0 Å². The molecule has 0 spiro atoms. The number of anilines is 1. The molecule has 1 aliphatic heterocycles. The highest BCUT2D eigenvalue weighted by molar-refractivity contribution is 5.71. The van der Waals surface area contributed by atoms with Crippen molar-refractivity contribution in [2.75, 3.05) is 18.0 Å². The Hall–Kier alpha value is -2.44. The first-order chi connectivity index (χ1) is 12.3. The Balaban J connectivity index is 1.32. The molecule has 0 amide bonds. The van der Waals surface area contributed by atoms with Crippen LogP contribution in [0.4, 0.5) is 6.01 Å². The summed E-state index contributed by atoms with van der Waals surface area (Å²) in [6.07, 6.45) is 7.58. The summed E-state index contributed by atoms with van der Waals surface area (Å²) in [4.78, 5) is 16.0. The zero-order valence-corrected chi connectivity index (χ0v) is 14.4. The number of hydrogen-bond acceptors (Lipinski definition) is 6. The number of pyridine rings is 1. The lowest BCUT2D eigenvalue weighted by atomic mass is 9.85. The molecule has 4 heterocycles. The van der Waals surface area contributed by atoms with E-state index < -0.39 is 0 Å². The highest BCUT2D eigenvalue weighted by Crippen LogP contribution is 2.36. The van der Waals surface area contributed by atoms with Crippen molar-refractivity contribution >= 4 is 17.2 Å². The Morgan fingerprint density at radius 1 is 1.12 bits per heavy atom. The Bertz CT molecular complexity index is 888. The van der Waals surface area contributed by atoms with Crippen LogP contribution in [0.3, 0.4) is 0 Å². The number of imidazole rings is 1. The molecule has 0 unspecified atom stereocenters. The van der Waals surface area contributed by atoms with E-state index in [1.165, 1.54) is 19.3 Å². The van der Waals surface area contributed by atoms with Crippen LogP contribution in [0.1, 0.15) is 55.7 Å². The minimum absolute atomic E-state index is 0.421. The zero-order valence-electron chi connectivity index (χ0n) is 14.4. The van der Waals surface area contributed by atoms with Gasteiger partial charge < -0.3 is 14.0 Å². The van der Waals surface area contributed by atoms with Crippen LogP contribution in [0.15, 0.2) is 22.9 Å². The van der Waals surface area contributed by atoms with Gasteiger partial charge in [-0.25, -0.2) is 9.97 Å². The van der Waals surface area contributed by atoms with Gasteiger partial charge in [0.2, 0.25) is 0 Å². The van der Waals surface area contributed by atoms with Gasteiger partial charge in [-0.3, -0.25) is 0 Å². The quantitative estimate of drug-likeness (QED) is 0.730. The first-order valence-corrected chi connectivity index (χ1v) is 9.18. The van der Waals surface area contributed by atoms with Crippen molar-refractivity contribution < 1.29 is 4.52 Å². The lowest BCUT2D eigenvalue weighted by Crippen LogP contribution is -2.35. The van der Waals surface area contributed by atoms with Gasteiger partial charge >= 0.3 is 6.01 Å². The van der Waals surface area contributed by atoms with Crippen molar-refractivity contribution in [2.45, 2.75) is 51.0 Å². The standard InChI is InChI=1S/C18H22N6O/c1-12-20-15-6-3-9-19-17(15)24(12)14-7-10-23(11-8-14)18-21-16(22-25-18)13-4-2-5-13/h3,6,9,13-14H,2,4-5,7-8,10-11H2,1H3. The van der Waals surface area contributed by atoms with Gasteiger partial charge in [0.25, 0.3) is 0 Å². The Morgan fingerprint density at radius 2 is 1.96 bits per heavy atom. The fourth-order valence-corrected chi connectivity index (χ4v) is 3.98. The highest BCUT2D eigenvalue weighted by Gasteiger charge is 2.29. The number of nitrogens with zero attached hydrogens (tertiary/aromatic N) is 6. The topological polar surface area (TPSA) is 72.9 Å². The largest absolute Gasteiger partial charge is 0.324 e. The van der Waals surface area contributed by atoms with E-state index in [-0.39, 0.29) is 0 Å². The van der Waals surface area contributed by atoms with Crippen molar-refractivity contribution in [2.24, 2.45) is 0 Å². The number of aryl methyl sites for hydroxylation is 1. The second kappa shape index (κ2) is 5.82. The molecule has 0 atom stereocenters. The van der Waals surface area contributed by atoms with E-state index in [0.717, 1.165) is 48.7 Å². The van der Waals surface area contributed by atoms with E-state index >= 15 is 0 Å². The number of rotatable bonds is 3. The summed E-state index contributed by atoms with van der Waals surface area (Å²) in [7, 11) is 0. The molecular weight excluding hydrogens is 316 g/mol. The maximum Gasteiger partial charge on any atom is 0.324 e. The lowest BCUT2D eigenvalue weighted by Gasteiger charge is -2.31. The maximum absolute atomic E-state index is 5.51. The van der Waals surface area contributed by atoms with E-state index in [1.807, 2.05) is 18.3 Å². The fourth-order valence-electron chi connectivity index (χ4n) is 3.98. The Kier molecular flexibility index (Phi) is 3.46. The van der Waals surface area contributed by atoms with Crippen LogP contribution in [0, 0.1) is 6.92 Å². The summed E-state index contributed by atoms with van der Waals surface area (Å²) in [6.45, 7) is 3.91. The second-order valence-corrected chi connectivity index (χ2v) is 7.16. The number of piperidine rings is 1. The molecule has 3 aromatic rings. The van der Waals surface area contributed by atoms with Crippen LogP contribution in [0.2, 0.25) is 0 Å². The summed E-state index contributed by atoms with van der Waals surface area (Å²) in [6, 6.07) is 5.08. The Morgan fingerprint density at radius 3 is 2.72 bits per heavy atom. The van der Waals surface area contributed by atoms with E-state index in [4.69, 9.17) is 4.52 Å². The van der Waals surface area contributed by atoms with Gasteiger partial charge in [0.1, 0.15) is 11.3 Å². The monoisotopic (exact) mass is 338 g/mol. The average Bonchev–Trinajstić information content (AvgIpc) is 3.17. The van der Waals surface area contributed by atoms with Crippen LogP contribution in [0.25, 0.3) is 11.2 Å². The average molecular weight is 338 g/mol. The number of hydrogen-bond donors (Lipinski definition) is 0. The van der Waals surface area contributed by atoms with Crippen molar-refractivity contribution in [3.05, 3.63) is 30.0 Å². The zero-order chi connectivity index (χ0) is 16.8. The maximum atomic E-state index is 5.51. The third kappa shape index (κ3) is 2.49. The molecule has 0 radical (unpaired) electrons. The summed E-state index contributed by atoms with van der Waals surface area (Å²) in [5, 5.41) is 4.18. The van der Waals surface area contributed by atoms with E-state index in [0.29, 0.717) is 18.0 Å². The molecule has 7 heteroatoms. The van der Waals surface area contributed by atoms with Crippen LogP contribution in [-0.4, -0.2) is 37.8 Å². The van der Waals surface area contributed by atoms with Crippen molar-refractivity contribution in [1.82, 2.24) is 24.7 Å². The number of fused-ring (bicyclic) bond motifs is 1. The molecular formula is C18H22N6O. The van der Waals surface area contributed by atoms with Gasteiger partial charge in [0, 0.05) is 31.2 Å². The lowest BCUT2D eigenvalue weighted by molar-refractivity contribution is 0.346. The molecule has 2 aliphatic rings. The first-order valence-electron chi connectivity index (χ1n) is 9.18. The smallest absolute Gasteiger partial charge is 0.324 e. The van der Waals surface area contributed by atoms with E-state index in [2.05, 4.69) is 36.5 Å². The molecule has 7 nitrogen and oxygen atoms in total. The molecule has 0 aromatic carbocycles. The van der Waals surface area contributed by atoms with Gasteiger partial charge in [-0.05, 0) is 44.7 Å². The van der Waals surface area contributed by atoms with Gasteiger partial charge in [0.05, 0.1) is 0 Å². The minimum atomic E-state index is 0.421. The first kappa shape index (κ1) is 14.9. The van der Waals surface area contributed by atoms with Crippen molar-refractivity contribution in [3.8, 4) is 0 Å². The summed E-state index contributed by atoms with van der Waals surface area (Å²) in [5.74, 6) is 2.45. The van der Waals surface area contributed by atoms with Gasteiger partial charge in [-0.2, -0.15) is 4.98 Å². The summed E-state index contributed by atoms with van der Waals surface area (Å²) < 4.78 is 7.81. The van der Waals surface area contributed by atoms with Crippen molar-refractivity contribution in [3.63, 3.8) is 0 Å². The molecule has 2 fully saturated rings. The van der Waals surface area contributed by atoms with Crippen LogP contribution in [-0.2, 0) is 0 Å². The summed E-state index contributed by atoms with van der Waals surface area (Å²) >= 11 is 0. The minimum Gasteiger partial charge on any atom is -0.324 e. The number of aromatic nitrogens is 5. The predicted octanol–water partition coefficient (Wildman–Crippen LogP) is 3.23. The van der Waals surface area contributed by atoms with Gasteiger partial charge in [-0.15, -0.1) is 0 Å². The fraction of sp³-hybridized carbons (Fsp3) is 0.556. The Labute approximate surface area is 146 Å². The SMILES string of the molecule is Cc1nc2cccnc2n1C1CCN(c2nc(C3CCC3)no2)CC1. The highest BCUT2D eigenvalue weighted by atomic mass is 16.5. The molecule has 25 heavy (non-hydrogen) atoms. The third-order valence-electron chi connectivity index (χ3n) is 5.63. The second-order valence-electron chi connectivity index (χ2n) is 7.16. The normalized spacial score (nSPS) is 19.5. The van der Waals surface area contributed by atoms with Gasteiger partial charge in [-0.1, -0.05) is 11.6 Å². The van der Waals surface area contributed by atoms with Crippen LogP contribution >= 0.6 is 0 Å². The molecule has 1 saturated heterocycles. The van der Waals surface area contributed by atoms with Crippen LogP contribution in [0.5, 0.6) is 0 Å². The molecule has 0 N–H and O–H groups in total. The van der Waals surface area contributed by atoms with Crippen LogP contribution < -0.4 is 4.90 Å². The molecule has 0 bridgehead atoms. The van der Waals surface area contributed by atoms with Gasteiger partial charge in [0.15, 0.2) is 11.5 Å². The molecule has 130 valence electrons. The molecule has 3 aromatic heterocycles. The molecule has 1 aliphatic carbocycles. The molecule has 1 saturated carbocycles. The van der Waals surface area contributed by atoms with E-state index in [9.17, 15) is 0 Å². The molecule has 5 rings (SSSR count).